The lowest BCUT2D eigenvalue weighted by molar-refractivity contribution is -0.0156. The molecule has 5 nitrogen and oxygen atoms in total. The van der Waals surface area contributed by atoms with Gasteiger partial charge in [0.2, 0.25) is 0 Å². The number of nitrogens with one attached hydrogen (secondary N) is 1. The molecule has 2 aromatic rings. The largest absolute Gasteiger partial charge is 0.370 e. The summed E-state index contributed by atoms with van der Waals surface area (Å²) in [6.07, 6.45) is 1.24. The molecule has 0 aliphatic carbocycles. The zero-order valence-electron chi connectivity index (χ0n) is 13.8. The van der Waals surface area contributed by atoms with Crippen LogP contribution in [0, 0.1) is 18.6 Å². The van der Waals surface area contributed by atoms with Gasteiger partial charge in [-0.25, -0.2) is 13.6 Å². The van der Waals surface area contributed by atoms with Crippen molar-refractivity contribution < 1.29 is 18.3 Å². The van der Waals surface area contributed by atoms with Crippen LogP contribution in [0.5, 0.6) is 0 Å². The minimum Gasteiger partial charge on any atom is -0.370 e. The number of urea groups is 1. The Hall–Kier alpha value is -2.54. The molecule has 0 spiro atoms. The number of morpholine rings is 1. The molecule has 0 unspecified atom stereocenters. The molecule has 132 valence electrons. The van der Waals surface area contributed by atoms with Crippen molar-refractivity contribution in [1.82, 2.24) is 15.2 Å². The van der Waals surface area contributed by atoms with E-state index in [1.54, 1.807) is 11.1 Å². The fourth-order valence-corrected chi connectivity index (χ4v) is 2.64. The Morgan fingerprint density at radius 1 is 1.32 bits per heavy atom. The molecule has 1 aromatic heterocycles. The molecule has 1 saturated heterocycles. The van der Waals surface area contributed by atoms with E-state index in [0.717, 1.165) is 23.4 Å². The number of carbonyl (C=O) groups is 1. The molecule has 1 aromatic carbocycles. The number of amides is 2. The molecule has 0 bridgehead atoms. The number of rotatable bonds is 3. The number of carbonyl (C=O) groups excluding carboxylic acids is 1. The molecular formula is C18H19F2N3O2. The number of benzene rings is 1. The molecule has 7 heteroatoms. The van der Waals surface area contributed by atoms with Gasteiger partial charge in [-0.2, -0.15) is 0 Å². The van der Waals surface area contributed by atoms with Crippen LogP contribution in [-0.4, -0.2) is 35.6 Å². The van der Waals surface area contributed by atoms with Gasteiger partial charge >= 0.3 is 6.03 Å². The highest BCUT2D eigenvalue weighted by atomic mass is 19.2. The van der Waals surface area contributed by atoms with Gasteiger partial charge in [-0.15, -0.1) is 0 Å². The van der Waals surface area contributed by atoms with Crippen LogP contribution in [-0.2, 0) is 11.3 Å². The van der Waals surface area contributed by atoms with Gasteiger partial charge in [-0.3, -0.25) is 4.98 Å². The number of hydrogen-bond donors (Lipinski definition) is 1. The third kappa shape index (κ3) is 4.30. The third-order valence-corrected chi connectivity index (χ3v) is 4.09. The number of hydrogen-bond acceptors (Lipinski definition) is 3. The summed E-state index contributed by atoms with van der Waals surface area (Å²) in [7, 11) is 0. The van der Waals surface area contributed by atoms with E-state index >= 15 is 0 Å². The summed E-state index contributed by atoms with van der Waals surface area (Å²) in [4.78, 5) is 18.1. The summed E-state index contributed by atoms with van der Waals surface area (Å²) < 4.78 is 32.1. The van der Waals surface area contributed by atoms with Crippen molar-refractivity contribution in [3.63, 3.8) is 0 Å². The van der Waals surface area contributed by atoms with Gasteiger partial charge in [0.05, 0.1) is 13.2 Å². The van der Waals surface area contributed by atoms with E-state index in [1.165, 1.54) is 6.07 Å². The molecule has 1 atom stereocenters. The molecular weight excluding hydrogens is 328 g/mol. The highest BCUT2D eigenvalue weighted by Gasteiger charge is 2.26. The Bertz CT molecular complexity index is 752. The van der Waals surface area contributed by atoms with Crippen molar-refractivity contribution in [2.75, 3.05) is 19.7 Å². The molecule has 1 aliphatic heterocycles. The normalized spacial score (nSPS) is 17.4. The fourth-order valence-electron chi connectivity index (χ4n) is 2.64. The topological polar surface area (TPSA) is 54.5 Å². The van der Waals surface area contributed by atoms with Gasteiger partial charge in [0.25, 0.3) is 0 Å². The van der Waals surface area contributed by atoms with E-state index in [-0.39, 0.29) is 12.6 Å². The molecule has 3 rings (SSSR count). The molecule has 0 radical (unpaired) electrons. The summed E-state index contributed by atoms with van der Waals surface area (Å²) in [5.41, 5.74) is 2.33. The van der Waals surface area contributed by atoms with E-state index in [9.17, 15) is 13.6 Å². The number of nitrogens with zero attached hydrogens (tertiary/aromatic N) is 2. The minimum atomic E-state index is -0.922. The van der Waals surface area contributed by atoms with Crippen LogP contribution in [0.2, 0.25) is 0 Å². The third-order valence-electron chi connectivity index (χ3n) is 4.09. The number of halogens is 2. The number of pyridine rings is 1. The van der Waals surface area contributed by atoms with Crippen molar-refractivity contribution in [1.29, 1.82) is 0 Å². The van der Waals surface area contributed by atoms with Crippen LogP contribution < -0.4 is 5.32 Å². The Labute approximate surface area is 144 Å². The predicted octanol–water partition coefficient (Wildman–Crippen LogP) is 2.95. The summed E-state index contributed by atoms with van der Waals surface area (Å²) in [5, 5.41) is 2.84. The van der Waals surface area contributed by atoms with E-state index in [2.05, 4.69) is 10.3 Å². The number of aryl methyl sites for hydroxylation is 1. The maximum absolute atomic E-state index is 13.4. The Kier molecular flexibility index (Phi) is 5.23. The van der Waals surface area contributed by atoms with Crippen LogP contribution in [0.1, 0.15) is 22.9 Å². The monoisotopic (exact) mass is 347 g/mol. The van der Waals surface area contributed by atoms with Crippen molar-refractivity contribution in [3.8, 4) is 0 Å². The van der Waals surface area contributed by atoms with E-state index in [4.69, 9.17) is 4.74 Å². The first kappa shape index (κ1) is 17.3. The van der Waals surface area contributed by atoms with Crippen LogP contribution in [0.25, 0.3) is 0 Å². The molecule has 1 aliphatic rings. The first-order valence-corrected chi connectivity index (χ1v) is 8.04. The lowest BCUT2D eigenvalue weighted by Gasteiger charge is -2.33. The van der Waals surface area contributed by atoms with Gasteiger partial charge in [0, 0.05) is 25.0 Å². The molecule has 1 fully saturated rings. The van der Waals surface area contributed by atoms with E-state index < -0.39 is 17.7 Å². The maximum atomic E-state index is 13.4. The summed E-state index contributed by atoms with van der Waals surface area (Å²) in [6, 6.07) is 7.22. The second kappa shape index (κ2) is 7.57. The Balaban J connectivity index is 1.59. The number of aromatic nitrogens is 1. The van der Waals surface area contributed by atoms with Gasteiger partial charge in [-0.05, 0) is 36.2 Å². The molecule has 25 heavy (non-hydrogen) atoms. The SMILES string of the molecule is Cc1ccc(CNC(=O)N2CCO[C@H](c3ccc(F)c(F)c3)C2)cn1. The second-order valence-corrected chi connectivity index (χ2v) is 5.95. The standard InChI is InChI=1S/C18H19F2N3O2/c1-12-2-3-13(9-21-12)10-22-18(24)23-6-7-25-17(11-23)14-4-5-15(19)16(20)8-14/h2-5,8-9,17H,6-7,10-11H2,1H3,(H,22,24)/t17-/m0/s1. The zero-order chi connectivity index (χ0) is 17.8. The van der Waals surface area contributed by atoms with Gasteiger partial charge < -0.3 is 15.0 Å². The second-order valence-electron chi connectivity index (χ2n) is 5.95. The predicted molar refractivity (Wildman–Crippen MR) is 87.8 cm³/mol. The Morgan fingerprint density at radius 2 is 2.16 bits per heavy atom. The smallest absolute Gasteiger partial charge is 0.317 e. The van der Waals surface area contributed by atoms with Crippen molar-refractivity contribution in [3.05, 3.63) is 65.0 Å². The Morgan fingerprint density at radius 3 is 2.88 bits per heavy atom. The van der Waals surface area contributed by atoms with Crippen LogP contribution in [0.3, 0.4) is 0 Å². The van der Waals surface area contributed by atoms with Gasteiger partial charge in [0.1, 0.15) is 6.10 Å². The van der Waals surface area contributed by atoms with Crippen LogP contribution in [0.4, 0.5) is 13.6 Å². The lowest BCUT2D eigenvalue weighted by atomic mass is 10.1. The molecule has 0 saturated carbocycles. The quantitative estimate of drug-likeness (QED) is 0.929. The highest BCUT2D eigenvalue weighted by molar-refractivity contribution is 5.74. The van der Waals surface area contributed by atoms with Crippen LogP contribution >= 0.6 is 0 Å². The maximum Gasteiger partial charge on any atom is 0.317 e. The first-order chi connectivity index (χ1) is 12.0. The summed E-state index contributed by atoms with van der Waals surface area (Å²) >= 11 is 0. The van der Waals surface area contributed by atoms with Crippen molar-refractivity contribution in [2.24, 2.45) is 0 Å². The van der Waals surface area contributed by atoms with Crippen LogP contribution in [0.15, 0.2) is 36.5 Å². The summed E-state index contributed by atoms with van der Waals surface area (Å²) in [6.45, 7) is 3.33. The van der Waals surface area contributed by atoms with E-state index in [0.29, 0.717) is 25.3 Å². The van der Waals surface area contributed by atoms with Gasteiger partial charge in [-0.1, -0.05) is 12.1 Å². The van der Waals surface area contributed by atoms with Crippen molar-refractivity contribution in [2.45, 2.75) is 19.6 Å². The fraction of sp³-hybridized carbons (Fsp3) is 0.333. The minimum absolute atomic E-state index is 0.226. The molecule has 1 N–H and O–H groups in total. The lowest BCUT2D eigenvalue weighted by Crippen LogP contribution is -2.47. The van der Waals surface area contributed by atoms with Gasteiger partial charge in [0.15, 0.2) is 11.6 Å². The zero-order valence-corrected chi connectivity index (χ0v) is 13.8. The number of ether oxygens (including phenoxy) is 1. The average molecular weight is 347 g/mol. The van der Waals surface area contributed by atoms with Crippen molar-refractivity contribution >= 4 is 6.03 Å². The average Bonchev–Trinajstić information content (AvgIpc) is 2.63. The first-order valence-electron chi connectivity index (χ1n) is 8.04. The molecule has 2 heterocycles. The highest BCUT2D eigenvalue weighted by Crippen LogP contribution is 2.23. The summed E-state index contributed by atoms with van der Waals surface area (Å²) in [5.74, 6) is -1.82. The molecule has 2 amide bonds. The van der Waals surface area contributed by atoms with E-state index in [1.807, 2.05) is 19.1 Å².